The van der Waals surface area contributed by atoms with Crippen LogP contribution in [0.2, 0.25) is 0 Å². The molecule has 1 aliphatic rings. The smallest absolute Gasteiger partial charge is 0.492 e. The molecule has 30 heavy (non-hydrogen) atoms. The van der Waals surface area contributed by atoms with Gasteiger partial charge in [-0.05, 0) is 23.8 Å². The van der Waals surface area contributed by atoms with Crippen molar-refractivity contribution in [1.29, 1.82) is 5.26 Å². The van der Waals surface area contributed by atoms with E-state index < -0.39 is 6.36 Å². The molecule has 1 heterocycles. The van der Waals surface area contributed by atoms with E-state index in [1.54, 1.807) is 6.07 Å². The molecule has 0 aliphatic carbocycles. The summed E-state index contributed by atoms with van der Waals surface area (Å²) in [5.74, 6) is -0.143. The molecule has 1 amide bonds. The first-order chi connectivity index (χ1) is 14.2. The normalized spacial score (nSPS) is 12.4. The fourth-order valence-corrected chi connectivity index (χ4v) is 3.16. The van der Waals surface area contributed by atoms with Gasteiger partial charge in [-0.1, -0.05) is 18.7 Å². The molecule has 6 nitrogen and oxygen atoms in total. The molecule has 2 N–H and O–H groups in total. The highest BCUT2D eigenvalue weighted by Crippen LogP contribution is 2.42. The number of halogens is 3. The highest BCUT2D eigenvalue weighted by Gasteiger charge is 2.31. The van der Waals surface area contributed by atoms with Crippen LogP contribution in [0.4, 0.5) is 18.9 Å². The van der Waals surface area contributed by atoms with Crippen molar-refractivity contribution < 1.29 is 27.4 Å². The average molecular weight is 417 g/mol. The van der Waals surface area contributed by atoms with Crippen LogP contribution in [0.15, 0.2) is 42.5 Å². The SMILES string of the molecule is C=C(CNc1cc(-c2ccc(OC(F)(F)F)cc2)c2c(c1C#N)CCO2)C(=O)NC. The van der Waals surface area contributed by atoms with E-state index >= 15 is 0 Å². The number of carbonyl (C=O) groups is 1. The van der Waals surface area contributed by atoms with Gasteiger partial charge in [-0.25, -0.2) is 0 Å². The Kier molecular flexibility index (Phi) is 5.87. The van der Waals surface area contributed by atoms with Crippen molar-refractivity contribution in [3.8, 4) is 28.7 Å². The van der Waals surface area contributed by atoms with E-state index in [9.17, 15) is 23.2 Å². The molecule has 2 aromatic carbocycles. The maximum absolute atomic E-state index is 12.4. The first-order valence-corrected chi connectivity index (χ1v) is 8.96. The lowest BCUT2D eigenvalue weighted by Crippen LogP contribution is -2.23. The van der Waals surface area contributed by atoms with Gasteiger partial charge in [-0.2, -0.15) is 5.26 Å². The molecule has 156 valence electrons. The van der Waals surface area contributed by atoms with Crippen molar-refractivity contribution in [2.75, 3.05) is 25.5 Å². The van der Waals surface area contributed by atoms with Crippen LogP contribution in [-0.4, -0.2) is 32.5 Å². The summed E-state index contributed by atoms with van der Waals surface area (Å²) in [6, 6.07) is 9.23. The molecule has 1 aliphatic heterocycles. The number of hydrogen-bond donors (Lipinski definition) is 2. The number of nitriles is 1. The summed E-state index contributed by atoms with van der Waals surface area (Å²) in [6.45, 7) is 4.21. The largest absolute Gasteiger partial charge is 0.573 e. The number of nitrogens with one attached hydrogen (secondary N) is 2. The molecule has 0 fully saturated rings. The van der Waals surface area contributed by atoms with Crippen LogP contribution in [0, 0.1) is 11.3 Å². The molecule has 2 aromatic rings. The van der Waals surface area contributed by atoms with Crippen LogP contribution in [0.25, 0.3) is 11.1 Å². The van der Waals surface area contributed by atoms with Gasteiger partial charge in [0.15, 0.2) is 0 Å². The molecule has 0 bridgehead atoms. The highest BCUT2D eigenvalue weighted by atomic mass is 19.4. The summed E-state index contributed by atoms with van der Waals surface area (Å²) >= 11 is 0. The molecule has 0 spiro atoms. The van der Waals surface area contributed by atoms with E-state index in [1.165, 1.54) is 31.3 Å². The lowest BCUT2D eigenvalue weighted by Gasteiger charge is -2.16. The summed E-state index contributed by atoms with van der Waals surface area (Å²) in [5.41, 5.74) is 3.09. The van der Waals surface area contributed by atoms with Crippen LogP contribution in [0.3, 0.4) is 0 Å². The fraction of sp³-hybridized carbons (Fsp3) is 0.238. The third-order valence-electron chi connectivity index (χ3n) is 4.53. The summed E-state index contributed by atoms with van der Waals surface area (Å²) in [4.78, 5) is 11.7. The number of anilines is 1. The Balaban J connectivity index is 1.97. The van der Waals surface area contributed by atoms with E-state index in [0.717, 1.165) is 0 Å². The lowest BCUT2D eigenvalue weighted by atomic mass is 9.95. The molecule has 0 saturated carbocycles. The number of amides is 1. The number of likely N-dealkylation sites (N-methyl/N-ethyl adjacent to an activating group) is 1. The minimum atomic E-state index is -4.77. The lowest BCUT2D eigenvalue weighted by molar-refractivity contribution is -0.274. The zero-order valence-electron chi connectivity index (χ0n) is 16.0. The van der Waals surface area contributed by atoms with Crippen LogP contribution >= 0.6 is 0 Å². The Labute approximate surface area is 170 Å². The van der Waals surface area contributed by atoms with Gasteiger partial charge in [0.25, 0.3) is 0 Å². The molecular formula is C21H18F3N3O3. The Morgan fingerprint density at radius 2 is 2.03 bits per heavy atom. The Morgan fingerprint density at radius 1 is 1.33 bits per heavy atom. The zero-order chi connectivity index (χ0) is 21.9. The maximum atomic E-state index is 12.4. The minimum Gasteiger partial charge on any atom is -0.492 e. The second-order valence-corrected chi connectivity index (χ2v) is 6.47. The predicted molar refractivity (Wildman–Crippen MR) is 104 cm³/mol. The molecule has 0 unspecified atom stereocenters. The van der Waals surface area contributed by atoms with E-state index in [0.29, 0.717) is 46.7 Å². The van der Waals surface area contributed by atoms with Gasteiger partial charge in [0.05, 0.1) is 17.9 Å². The molecular weight excluding hydrogens is 399 g/mol. The van der Waals surface area contributed by atoms with Crippen LogP contribution in [0.1, 0.15) is 11.1 Å². The molecule has 9 heteroatoms. The second-order valence-electron chi connectivity index (χ2n) is 6.47. The summed E-state index contributed by atoms with van der Waals surface area (Å²) in [5, 5.41) is 15.2. The third kappa shape index (κ3) is 4.49. The molecule has 0 radical (unpaired) electrons. The van der Waals surface area contributed by atoms with Crippen LogP contribution in [-0.2, 0) is 11.2 Å². The van der Waals surface area contributed by atoms with Crippen molar-refractivity contribution >= 4 is 11.6 Å². The quantitative estimate of drug-likeness (QED) is 0.699. The molecule has 0 saturated heterocycles. The van der Waals surface area contributed by atoms with Gasteiger partial charge >= 0.3 is 6.36 Å². The average Bonchev–Trinajstić information content (AvgIpc) is 3.19. The van der Waals surface area contributed by atoms with Gasteiger partial charge < -0.3 is 20.1 Å². The standard InChI is InChI=1S/C21H18F3N3O3/c1-12(20(28)26-2)11-27-18-9-16(19-15(7-8-29-19)17(18)10-25)13-3-5-14(6-4-13)30-21(22,23)24/h3-6,9,27H,1,7-8,11H2,2H3,(H,26,28). The molecule has 0 atom stereocenters. The zero-order valence-corrected chi connectivity index (χ0v) is 16.0. The van der Waals surface area contributed by atoms with Crippen molar-refractivity contribution in [3.05, 3.63) is 53.6 Å². The minimum absolute atomic E-state index is 0.117. The van der Waals surface area contributed by atoms with Crippen molar-refractivity contribution in [1.82, 2.24) is 5.32 Å². The van der Waals surface area contributed by atoms with Gasteiger partial charge in [-0.3, -0.25) is 4.79 Å². The van der Waals surface area contributed by atoms with Gasteiger partial charge in [0.2, 0.25) is 5.91 Å². The van der Waals surface area contributed by atoms with E-state index in [-0.39, 0.29) is 23.8 Å². The first-order valence-electron chi connectivity index (χ1n) is 8.96. The number of rotatable bonds is 6. The fourth-order valence-electron chi connectivity index (χ4n) is 3.16. The number of benzene rings is 2. The summed E-state index contributed by atoms with van der Waals surface area (Å²) in [6.07, 6.45) is -4.25. The molecule has 3 rings (SSSR count). The summed E-state index contributed by atoms with van der Waals surface area (Å²) in [7, 11) is 1.49. The number of nitrogens with zero attached hydrogens (tertiary/aromatic N) is 1. The number of hydrogen-bond acceptors (Lipinski definition) is 5. The van der Waals surface area contributed by atoms with E-state index in [4.69, 9.17) is 4.74 Å². The Morgan fingerprint density at radius 3 is 2.63 bits per heavy atom. The van der Waals surface area contributed by atoms with Crippen molar-refractivity contribution in [2.24, 2.45) is 0 Å². The number of ether oxygens (including phenoxy) is 2. The number of fused-ring (bicyclic) bond motifs is 1. The predicted octanol–water partition coefficient (Wildman–Crippen LogP) is 3.77. The highest BCUT2D eigenvalue weighted by molar-refractivity contribution is 5.93. The Hall–Kier alpha value is -3.67. The topological polar surface area (TPSA) is 83.4 Å². The van der Waals surface area contributed by atoms with Crippen LogP contribution in [0.5, 0.6) is 11.5 Å². The summed E-state index contributed by atoms with van der Waals surface area (Å²) < 4.78 is 46.8. The van der Waals surface area contributed by atoms with Crippen LogP contribution < -0.4 is 20.1 Å². The third-order valence-corrected chi connectivity index (χ3v) is 4.53. The monoisotopic (exact) mass is 417 g/mol. The van der Waals surface area contributed by atoms with E-state index in [2.05, 4.69) is 28.0 Å². The van der Waals surface area contributed by atoms with Crippen molar-refractivity contribution in [2.45, 2.75) is 12.8 Å². The second kappa shape index (κ2) is 8.37. The number of alkyl halides is 3. The first kappa shape index (κ1) is 21.0. The van der Waals surface area contributed by atoms with Crippen molar-refractivity contribution in [3.63, 3.8) is 0 Å². The maximum Gasteiger partial charge on any atom is 0.573 e. The Bertz CT molecular complexity index is 1030. The number of carbonyl (C=O) groups excluding carboxylic acids is 1. The molecule has 0 aromatic heterocycles. The van der Waals surface area contributed by atoms with E-state index in [1.807, 2.05) is 0 Å². The van der Waals surface area contributed by atoms with Gasteiger partial charge in [0.1, 0.15) is 17.6 Å². The van der Waals surface area contributed by atoms with Gasteiger partial charge in [-0.15, -0.1) is 13.2 Å². The van der Waals surface area contributed by atoms with Gasteiger partial charge in [0, 0.05) is 36.7 Å².